The third-order valence-corrected chi connectivity index (χ3v) is 6.89. The van der Waals surface area contributed by atoms with Crippen LogP contribution in [0.1, 0.15) is 28.5 Å². The summed E-state index contributed by atoms with van der Waals surface area (Å²) in [4.78, 5) is 26.1. The summed E-state index contributed by atoms with van der Waals surface area (Å²) in [5.41, 5.74) is 3.53. The summed E-state index contributed by atoms with van der Waals surface area (Å²) in [5.74, 6) is -3.93. The molecule has 1 N–H and O–H groups in total. The SMILES string of the molecule is N#Cc1ccc(-c2ccccc2)cc1OC(=O)[C@H]1[C@H](c2ccccc2)[C@H](C(=O)O)[C@H]1c1ccccc1. The smallest absolute Gasteiger partial charge is 0.315 e. The zero-order valence-electron chi connectivity index (χ0n) is 19.3. The number of carboxylic acids is 1. The summed E-state index contributed by atoms with van der Waals surface area (Å²) in [7, 11) is 0. The molecule has 5 heteroatoms. The molecule has 1 fully saturated rings. The van der Waals surface area contributed by atoms with Gasteiger partial charge in [-0.25, -0.2) is 0 Å². The first-order valence-electron chi connectivity index (χ1n) is 11.7. The van der Waals surface area contributed by atoms with E-state index >= 15 is 0 Å². The maximum absolute atomic E-state index is 13.7. The number of rotatable bonds is 6. The molecule has 0 aliphatic heterocycles. The molecule has 0 saturated heterocycles. The van der Waals surface area contributed by atoms with Gasteiger partial charge >= 0.3 is 11.9 Å². The molecule has 176 valence electrons. The van der Waals surface area contributed by atoms with Crippen molar-refractivity contribution in [3.8, 4) is 22.9 Å². The van der Waals surface area contributed by atoms with E-state index in [0.29, 0.717) is 0 Å². The number of ether oxygens (including phenoxy) is 1. The van der Waals surface area contributed by atoms with Gasteiger partial charge < -0.3 is 9.84 Å². The number of hydrogen-bond donors (Lipinski definition) is 1. The minimum atomic E-state index is -0.953. The number of hydrogen-bond acceptors (Lipinski definition) is 4. The molecular formula is C31H23NO4. The number of carbonyl (C=O) groups excluding carboxylic acids is 1. The zero-order chi connectivity index (χ0) is 25.1. The maximum Gasteiger partial charge on any atom is 0.315 e. The summed E-state index contributed by atoms with van der Waals surface area (Å²) in [6, 6.07) is 35.3. The van der Waals surface area contributed by atoms with Gasteiger partial charge in [-0.1, -0.05) is 97.1 Å². The Labute approximate surface area is 209 Å². The Morgan fingerprint density at radius 1 is 0.694 bits per heavy atom. The number of aliphatic carboxylic acids is 1. The Hall–Kier alpha value is -4.69. The molecule has 5 nitrogen and oxygen atoms in total. The third kappa shape index (κ3) is 4.25. The van der Waals surface area contributed by atoms with Crippen molar-refractivity contribution in [3.05, 3.63) is 126 Å². The van der Waals surface area contributed by atoms with E-state index in [1.165, 1.54) is 0 Å². The van der Waals surface area contributed by atoms with Crippen LogP contribution >= 0.6 is 0 Å². The summed E-state index contributed by atoms with van der Waals surface area (Å²) in [5, 5.41) is 19.8. The molecule has 0 radical (unpaired) electrons. The highest BCUT2D eigenvalue weighted by atomic mass is 16.5. The van der Waals surface area contributed by atoms with Crippen LogP contribution in [-0.2, 0) is 9.59 Å². The number of esters is 1. The number of nitriles is 1. The van der Waals surface area contributed by atoms with Crippen molar-refractivity contribution in [3.63, 3.8) is 0 Å². The summed E-state index contributed by atoms with van der Waals surface area (Å²) < 4.78 is 5.88. The number of carbonyl (C=O) groups is 2. The van der Waals surface area contributed by atoms with Crippen LogP contribution in [0.2, 0.25) is 0 Å². The molecule has 0 heterocycles. The summed E-state index contributed by atoms with van der Waals surface area (Å²) in [6.45, 7) is 0. The fourth-order valence-corrected chi connectivity index (χ4v) is 5.21. The fraction of sp³-hybridized carbons (Fsp3) is 0.129. The first-order valence-corrected chi connectivity index (χ1v) is 11.7. The second-order valence-corrected chi connectivity index (χ2v) is 8.87. The zero-order valence-corrected chi connectivity index (χ0v) is 19.3. The molecule has 1 saturated carbocycles. The van der Waals surface area contributed by atoms with Gasteiger partial charge in [-0.05, 0) is 34.4 Å². The van der Waals surface area contributed by atoms with E-state index in [4.69, 9.17) is 4.74 Å². The van der Waals surface area contributed by atoms with Crippen LogP contribution in [0.5, 0.6) is 5.75 Å². The van der Waals surface area contributed by atoms with Gasteiger partial charge in [0.05, 0.1) is 17.4 Å². The van der Waals surface area contributed by atoms with Crippen molar-refractivity contribution >= 4 is 11.9 Å². The Morgan fingerprint density at radius 2 is 1.22 bits per heavy atom. The Bertz CT molecular complexity index is 1380. The second-order valence-electron chi connectivity index (χ2n) is 8.87. The number of nitrogens with zero attached hydrogens (tertiary/aromatic N) is 1. The summed E-state index contributed by atoms with van der Waals surface area (Å²) >= 11 is 0. The van der Waals surface area contributed by atoms with Crippen molar-refractivity contribution in [1.82, 2.24) is 0 Å². The van der Waals surface area contributed by atoms with Crippen LogP contribution in [0.15, 0.2) is 109 Å². The Kier molecular flexibility index (Phi) is 6.34. The molecule has 4 aromatic carbocycles. The lowest BCUT2D eigenvalue weighted by molar-refractivity contribution is -0.158. The lowest BCUT2D eigenvalue weighted by Crippen LogP contribution is -2.52. The first kappa shape index (κ1) is 23.1. The van der Waals surface area contributed by atoms with Crippen molar-refractivity contribution in [2.24, 2.45) is 11.8 Å². The topological polar surface area (TPSA) is 87.4 Å². The number of carboxylic acid groups (broad SMARTS) is 1. The van der Waals surface area contributed by atoms with Crippen LogP contribution in [-0.4, -0.2) is 17.0 Å². The highest BCUT2D eigenvalue weighted by molar-refractivity contribution is 5.86. The van der Waals surface area contributed by atoms with E-state index in [0.717, 1.165) is 22.3 Å². The van der Waals surface area contributed by atoms with Gasteiger partial charge in [0.2, 0.25) is 0 Å². The van der Waals surface area contributed by atoms with E-state index in [-0.39, 0.29) is 11.3 Å². The van der Waals surface area contributed by atoms with Gasteiger partial charge in [0.1, 0.15) is 11.8 Å². The average molecular weight is 474 g/mol. The van der Waals surface area contributed by atoms with E-state index < -0.39 is 35.6 Å². The summed E-state index contributed by atoms with van der Waals surface area (Å²) in [6.07, 6.45) is 0. The molecule has 1 aliphatic rings. The first-order chi connectivity index (χ1) is 17.6. The minimum Gasteiger partial charge on any atom is -0.481 e. The van der Waals surface area contributed by atoms with Crippen molar-refractivity contribution < 1.29 is 19.4 Å². The second kappa shape index (κ2) is 9.89. The van der Waals surface area contributed by atoms with Crippen molar-refractivity contribution in [1.29, 1.82) is 5.26 Å². The van der Waals surface area contributed by atoms with E-state index in [9.17, 15) is 20.0 Å². The highest BCUT2D eigenvalue weighted by Gasteiger charge is 2.59. The van der Waals surface area contributed by atoms with Gasteiger partial charge in [0, 0.05) is 11.8 Å². The van der Waals surface area contributed by atoms with E-state index in [2.05, 4.69) is 6.07 Å². The molecular weight excluding hydrogens is 450 g/mol. The molecule has 5 rings (SSSR count). The van der Waals surface area contributed by atoms with Gasteiger partial charge in [0.15, 0.2) is 0 Å². The Balaban J connectivity index is 1.54. The number of benzene rings is 4. The van der Waals surface area contributed by atoms with Gasteiger partial charge in [-0.15, -0.1) is 0 Å². The molecule has 0 unspecified atom stereocenters. The molecule has 0 bridgehead atoms. The van der Waals surface area contributed by atoms with Crippen LogP contribution < -0.4 is 4.74 Å². The molecule has 0 amide bonds. The highest BCUT2D eigenvalue weighted by Crippen LogP contribution is 2.58. The van der Waals surface area contributed by atoms with Crippen LogP contribution in [0.4, 0.5) is 0 Å². The largest absolute Gasteiger partial charge is 0.481 e. The molecule has 0 aromatic heterocycles. The quantitative estimate of drug-likeness (QED) is 0.273. The molecule has 0 spiro atoms. The van der Waals surface area contributed by atoms with Crippen molar-refractivity contribution in [2.45, 2.75) is 11.8 Å². The molecule has 36 heavy (non-hydrogen) atoms. The maximum atomic E-state index is 13.7. The third-order valence-electron chi connectivity index (χ3n) is 6.89. The van der Waals surface area contributed by atoms with E-state index in [1.54, 1.807) is 12.1 Å². The predicted molar refractivity (Wildman–Crippen MR) is 135 cm³/mol. The normalized spacial score (nSPS) is 20.5. The monoisotopic (exact) mass is 473 g/mol. The average Bonchev–Trinajstić information content (AvgIpc) is 2.89. The van der Waals surface area contributed by atoms with Crippen LogP contribution in [0.3, 0.4) is 0 Å². The predicted octanol–water partition coefficient (Wildman–Crippen LogP) is 6.03. The van der Waals surface area contributed by atoms with Gasteiger partial charge in [0.25, 0.3) is 0 Å². The molecule has 1 aliphatic carbocycles. The lowest BCUT2D eigenvalue weighted by Gasteiger charge is -2.49. The fourth-order valence-electron chi connectivity index (χ4n) is 5.21. The molecule has 4 aromatic rings. The molecule has 2 atom stereocenters. The lowest BCUT2D eigenvalue weighted by atomic mass is 9.52. The van der Waals surface area contributed by atoms with E-state index in [1.807, 2.05) is 97.1 Å². The van der Waals surface area contributed by atoms with Crippen LogP contribution in [0, 0.1) is 23.2 Å². The van der Waals surface area contributed by atoms with Gasteiger partial charge in [-0.3, -0.25) is 9.59 Å². The van der Waals surface area contributed by atoms with Crippen LogP contribution in [0.25, 0.3) is 11.1 Å². The minimum absolute atomic E-state index is 0.168. The Morgan fingerprint density at radius 3 is 1.72 bits per heavy atom. The standard InChI is InChI=1S/C31H23NO4/c32-19-24-17-16-23(20-10-4-1-5-11-20)18-25(24)36-31(35)29-26(21-12-6-2-7-13-21)28(30(33)34)27(29)22-14-8-3-9-15-22/h1-18,26-29H,(H,33,34)/t26-,27-,28-,29-/m1/s1. The van der Waals surface area contributed by atoms with Crippen molar-refractivity contribution in [2.75, 3.05) is 0 Å². The van der Waals surface area contributed by atoms with Gasteiger partial charge in [-0.2, -0.15) is 5.26 Å².